The molecule has 5 atom stereocenters. The second kappa shape index (κ2) is 12.0. The van der Waals surface area contributed by atoms with Gasteiger partial charge in [-0.3, -0.25) is 14.4 Å². The number of hydrogen-bond acceptors (Lipinski definition) is 4. The first-order valence-corrected chi connectivity index (χ1v) is 12.4. The zero-order chi connectivity index (χ0) is 27.2. The van der Waals surface area contributed by atoms with Crippen molar-refractivity contribution in [1.82, 2.24) is 16.0 Å². The molecule has 0 radical (unpaired) electrons. The van der Waals surface area contributed by atoms with Crippen molar-refractivity contribution in [1.29, 1.82) is 0 Å². The van der Waals surface area contributed by atoms with Crippen LogP contribution in [0.3, 0.4) is 0 Å². The first-order valence-electron chi connectivity index (χ1n) is 12.4. The van der Waals surface area contributed by atoms with Gasteiger partial charge < -0.3 is 21.1 Å². The summed E-state index contributed by atoms with van der Waals surface area (Å²) in [5.74, 6) is -3.92. The van der Waals surface area contributed by atoms with Crippen LogP contribution in [-0.4, -0.2) is 34.9 Å². The summed E-state index contributed by atoms with van der Waals surface area (Å²) in [5.41, 5.74) is 1.71. The summed E-state index contributed by atoms with van der Waals surface area (Å²) in [6.07, 6.45) is -0.906. The first kappa shape index (κ1) is 26.9. The highest BCUT2D eigenvalue weighted by molar-refractivity contribution is 5.93. The van der Waals surface area contributed by atoms with Crippen LogP contribution in [0.2, 0.25) is 0 Å². The van der Waals surface area contributed by atoms with Crippen LogP contribution >= 0.6 is 0 Å². The third-order valence-corrected chi connectivity index (χ3v) is 6.66. The molecule has 3 aromatic carbocycles. The van der Waals surface area contributed by atoms with Gasteiger partial charge in [-0.05, 0) is 54.5 Å². The SMILES string of the molecule is C[C@H](NC(=O)[C@@H](O)c1cc(F)cc(F)c1)C(=O)N[C@H]1C[C@@H](c2ccccc2)C[C@@H](c2ccccc2)NC1=O. The molecule has 0 unspecified atom stereocenters. The molecule has 3 aromatic rings. The first-order chi connectivity index (χ1) is 18.2. The fourth-order valence-electron chi connectivity index (χ4n) is 4.67. The zero-order valence-electron chi connectivity index (χ0n) is 20.7. The molecule has 1 aliphatic heterocycles. The van der Waals surface area contributed by atoms with Gasteiger partial charge in [0, 0.05) is 6.07 Å². The van der Waals surface area contributed by atoms with Gasteiger partial charge in [0.05, 0.1) is 6.04 Å². The highest BCUT2D eigenvalue weighted by Gasteiger charge is 2.34. The summed E-state index contributed by atoms with van der Waals surface area (Å²) in [6.45, 7) is 1.39. The van der Waals surface area contributed by atoms with E-state index in [1.807, 2.05) is 60.7 Å². The molecule has 0 spiro atoms. The zero-order valence-corrected chi connectivity index (χ0v) is 20.7. The fraction of sp³-hybridized carbons (Fsp3) is 0.276. The topological polar surface area (TPSA) is 108 Å². The van der Waals surface area contributed by atoms with Crippen molar-refractivity contribution in [3.63, 3.8) is 0 Å². The van der Waals surface area contributed by atoms with E-state index in [0.29, 0.717) is 18.9 Å². The molecular weight excluding hydrogens is 492 g/mol. The van der Waals surface area contributed by atoms with E-state index < -0.39 is 41.6 Å². The minimum absolute atomic E-state index is 0.0414. The lowest BCUT2D eigenvalue weighted by Crippen LogP contribution is -2.53. The van der Waals surface area contributed by atoms with Gasteiger partial charge in [0.25, 0.3) is 5.91 Å². The molecule has 0 aliphatic carbocycles. The predicted octanol–water partition coefficient (Wildman–Crippen LogP) is 3.42. The van der Waals surface area contributed by atoms with Crippen molar-refractivity contribution in [3.05, 3.63) is 107 Å². The predicted molar refractivity (Wildman–Crippen MR) is 137 cm³/mol. The van der Waals surface area contributed by atoms with Gasteiger partial charge in [-0.25, -0.2) is 8.78 Å². The largest absolute Gasteiger partial charge is 0.378 e. The summed E-state index contributed by atoms with van der Waals surface area (Å²) in [7, 11) is 0. The fourth-order valence-corrected chi connectivity index (χ4v) is 4.67. The Hall–Kier alpha value is -4.11. The summed E-state index contributed by atoms with van der Waals surface area (Å²) < 4.78 is 27.0. The molecule has 1 heterocycles. The van der Waals surface area contributed by atoms with Crippen molar-refractivity contribution in [3.8, 4) is 0 Å². The Morgan fingerprint density at radius 2 is 1.47 bits per heavy atom. The van der Waals surface area contributed by atoms with Crippen molar-refractivity contribution >= 4 is 17.7 Å². The van der Waals surface area contributed by atoms with Crippen molar-refractivity contribution in [2.45, 2.75) is 49.9 Å². The highest BCUT2D eigenvalue weighted by atomic mass is 19.1. The number of halogens is 2. The Bertz CT molecular complexity index is 1270. The number of rotatable bonds is 7. The summed E-state index contributed by atoms with van der Waals surface area (Å²) >= 11 is 0. The molecule has 9 heteroatoms. The minimum atomic E-state index is -1.88. The van der Waals surface area contributed by atoms with Crippen molar-refractivity contribution < 1.29 is 28.3 Å². The van der Waals surface area contributed by atoms with E-state index in [0.717, 1.165) is 23.3 Å². The Morgan fingerprint density at radius 3 is 2.08 bits per heavy atom. The van der Waals surface area contributed by atoms with Crippen LogP contribution < -0.4 is 16.0 Å². The number of carbonyl (C=O) groups excluding carboxylic acids is 3. The third-order valence-electron chi connectivity index (χ3n) is 6.66. The van der Waals surface area contributed by atoms with E-state index in [-0.39, 0.29) is 23.4 Å². The van der Waals surface area contributed by atoms with Gasteiger partial charge in [-0.2, -0.15) is 0 Å². The smallest absolute Gasteiger partial charge is 0.254 e. The molecule has 198 valence electrons. The van der Waals surface area contributed by atoms with Crippen LogP contribution in [0.15, 0.2) is 78.9 Å². The van der Waals surface area contributed by atoms with E-state index >= 15 is 0 Å². The molecular formula is C29H29F2N3O4. The van der Waals surface area contributed by atoms with Crippen LogP contribution in [0.1, 0.15) is 54.5 Å². The molecule has 1 saturated heterocycles. The maximum Gasteiger partial charge on any atom is 0.254 e. The molecule has 4 rings (SSSR count). The van der Waals surface area contributed by atoms with Gasteiger partial charge in [0.1, 0.15) is 23.7 Å². The second-order valence-corrected chi connectivity index (χ2v) is 9.45. The van der Waals surface area contributed by atoms with Gasteiger partial charge in [-0.15, -0.1) is 0 Å². The molecule has 4 N–H and O–H groups in total. The van der Waals surface area contributed by atoms with Crippen LogP contribution in [0.5, 0.6) is 0 Å². The lowest BCUT2D eigenvalue weighted by atomic mass is 9.86. The quantitative estimate of drug-likeness (QED) is 0.382. The Labute approximate surface area is 219 Å². The average Bonchev–Trinajstić information content (AvgIpc) is 3.07. The average molecular weight is 522 g/mol. The number of carbonyl (C=O) groups is 3. The number of amides is 3. The molecule has 0 saturated carbocycles. The Balaban J connectivity index is 1.46. The molecule has 0 bridgehead atoms. The lowest BCUT2D eigenvalue weighted by Gasteiger charge is -2.23. The number of nitrogens with one attached hydrogen (secondary N) is 3. The number of aliphatic hydroxyl groups is 1. The molecule has 1 aliphatic rings. The summed E-state index contributed by atoms with van der Waals surface area (Å²) in [6, 6.07) is 19.4. The van der Waals surface area contributed by atoms with Gasteiger partial charge in [0.2, 0.25) is 11.8 Å². The van der Waals surface area contributed by atoms with E-state index in [4.69, 9.17) is 0 Å². The third kappa shape index (κ3) is 6.60. The molecule has 38 heavy (non-hydrogen) atoms. The van der Waals surface area contributed by atoms with Crippen molar-refractivity contribution in [2.24, 2.45) is 0 Å². The minimum Gasteiger partial charge on any atom is -0.378 e. The van der Waals surface area contributed by atoms with Crippen LogP contribution in [-0.2, 0) is 14.4 Å². The standard InChI is InChI=1S/C29H29F2N3O4/c1-17(32-29(38)26(35)21-12-22(30)16-23(31)13-21)27(36)34-25-15-20(18-8-4-2-5-9-18)14-24(33-28(25)37)19-10-6-3-7-11-19/h2-13,16-17,20,24-26,35H,14-15H2,1H3,(H,32,38)(H,33,37)(H,34,36)/t17-,20-,24-,25-,26-/m0/s1. The normalized spacial score (nSPS) is 20.9. The van der Waals surface area contributed by atoms with Gasteiger partial charge >= 0.3 is 0 Å². The molecule has 1 fully saturated rings. The van der Waals surface area contributed by atoms with E-state index in [2.05, 4.69) is 16.0 Å². The molecule has 3 amide bonds. The maximum atomic E-state index is 13.5. The van der Waals surface area contributed by atoms with E-state index in [9.17, 15) is 28.3 Å². The maximum absolute atomic E-state index is 13.5. The van der Waals surface area contributed by atoms with E-state index in [1.165, 1.54) is 6.92 Å². The summed E-state index contributed by atoms with van der Waals surface area (Å²) in [5, 5.41) is 18.3. The number of benzene rings is 3. The van der Waals surface area contributed by atoms with Crippen LogP contribution in [0, 0.1) is 11.6 Å². The number of aliphatic hydroxyl groups excluding tert-OH is 1. The Morgan fingerprint density at radius 1 is 0.895 bits per heavy atom. The Kier molecular flexibility index (Phi) is 8.48. The van der Waals surface area contributed by atoms with Crippen molar-refractivity contribution in [2.75, 3.05) is 0 Å². The molecule has 7 nitrogen and oxygen atoms in total. The van der Waals surface area contributed by atoms with E-state index in [1.54, 1.807) is 0 Å². The number of hydrogen-bond donors (Lipinski definition) is 4. The summed E-state index contributed by atoms with van der Waals surface area (Å²) in [4.78, 5) is 38.6. The van der Waals surface area contributed by atoms with Crippen LogP contribution in [0.25, 0.3) is 0 Å². The van der Waals surface area contributed by atoms with Gasteiger partial charge in [0.15, 0.2) is 6.10 Å². The lowest BCUT2D eigenvalue weighted by molar-refractivity contribution is -0.135. The molecule has 0 aromatic heterocycles. The van der Waals surface area contributed by atoms with Gasteiger partial charge in [-0.1, -0.05) is 60.7 Å². The highest BCUT2D eigenvalue weighted by Crippen LogP contribution is 2.34. The second-order valence-electron chi connectivity index (χ2n) is 9.45. The van der Waals surface area contributed by atoms with Crippen LogP contribution in [0.4, 0.5) is 8.78 Å². The monoisotopic (exact) mass is 521 g/mol.